The Kier molecular flexibility index (Phi) is 4.75. The van der Waals surface area contributed by atoms with Crippen molar-refractivity contribution in [3.63, 3.8) is 0 Å². The Morgan fingerprint density at radius 1 is 1.19 bits per heavy atom. The van der Waals surface area contributed by atoms with E-state index in [9.17, 15) is 9.59 Å². The maximum Gasteiger partial charge on any atom is 0.371 e. The molecule has 0 atom stereocenters. The number of aliphatic imine (C=N–C) groups is 1. The number of carboxylic acids is 2. The van der Waals surface area contributed by atoms with Crippen molar-refractivity contribution in [3.05, 3.63) is 0 Å². The van der Waals surface area contributed by atoms with Crippen LogP contribution in [0.1, 0.15) is 25.7 Å². The molecule has 1 rings (SSSR count). The highest BCUT2D eigenvalue weighted by Gasteiger charge is 2.21. The molecule has 0 aromatic heterocycles. The number of aliphatic carboxylic acids is 2. The number of carboxylic acid groups (broad SMARTS) is 2. The van der Waals surface area contributed by atoms with Crippen molar-refractivity contribution >= 4 is 17.8 Å². The summed E-state index contributed by atoms with van der Waals surface area (Å²) in [4.78, 5) is 26.9. The molecule has 6 nitrogen and oxygen atoms in total. The van der Waals surface area contributed by atoms with Crippen LogP contribution in [0.3, 0.4) is 0 Å². The van der Waals surface area contributed by atoms with Crippen molar-refractivity contribution in [2.75, 3.05) is 19.6 Å². The average molecular weight is 228 g/mol. The summed E-state index contributed by atoms with van der Waals surface area (Å²) in [7, 11) is 0. The summed E-state index contributed by atoms with van der Waals surface area (Å²) in [5.74, 6) is -2.30. The van der Waals surface area contributed by atoms with Crippen molar-refractivity contribution in [2.24, 2.45) is 4.99 Å². The highest BCUT2D eigenvalue weighted by Crippen LogP contribution is 2.07. The summed E-state index contributed by atoms with van der Waals surface area (Å²) in [5, 5.41) is 17.7. The molecule has 0 bridgehead atoms. The van der Waals surface area contributed by atoms with E-state index < -0.39 is 11.9 Å². The smallest absolute Gasteiger partial charge is 0.371 e. The Labute approximate surface area is 93.6 Å². The highest BCUT2D eigenvalue weighted by atomic mass is 16.4. The molecule has 90 valence electrons. The molecule has 0 spiro atoms. The van der Waals surface area contributed by atoms with Gasteiger partial charge in [0.15, 0.2) is 0 Å². The molecule has 6 heteroatoms. The van der Waals surface area contributed by atoms with Gasteiger partial charge in [0.2, 0.25) is 5.84 Å². The van der Waals surface area contributed by atoms with E-state index in [0.29, 0.717) is 13.1 Å². The van der Waals surface area contributed by atoms with E-state index in [4.69, 9.17) is 10.2 Å². The monoisotopic (exact) mass is 228 g/mol. The molecule has 1 heterocycles. The van der Waals surface area contributed by atoms with Gasteiger partial charge in [0, 0.05) is 13.1 Å². The van der Waals surface area contributed by atoms with E-state index in [-0.39, 0.29) is 12.4 Å². The zero-order valence-electron chi connectivity index (χ0n) is 9.06. The fraction of sp³-hybridized carbons (Fsp3) is 0.700. The third-order valence-corrected chi connectivity index (χ3v) is 2.41. The SMILES string of the molecule is O=C(O)CN1CCCCCCN=C1C(=O)O. The Morgan fingerprint density at radius 2 is 1.88 bits per heavy atom. The van der Waals surface area contributed by atoms with E-state index in [0.717, 1.165) is 25.7 Å². The second-order valence-electron chi connectivity index (χ2n) is 3.74. The van der Waals surface area contributed by atoms with Gasteiger partial charge in [-0.2, -0.15) is 0 Å². The molecule has 0 radical (unpaired) electrons. The summed E-state index contributed by atoms with van der Waals surface area (Å²) < 4.78 is 0. The van der Waals surface area contributed by atoms with Crippen molar-refractivity contribution < 1.29 is 19.8 Å². The predicted molar refractivity (Wildman–Crippen MR) is 57.6 cm³/mol. The van der Waals surface area contributed by atoms with Gasteiger partial charge in [-0.15, -0.1) is 0 Å². The Bertz CT molecular complexity index is 301. The first-order chi connectivity index (χ1) is 7.61. The van der Waals surface area contributed by atoms with E-state index in [1.54, 1.807) is 0 Å². The van der Waals surface area contributed by atoms with Gasteiger partial charge in [-0.05, 0) is 12.8 Å². The first kappa shape index (κ1) is 12.5. The average Bonchev–Trinajstić information content (AvgIpc) is 2.29. The number of nitrogens with zero attached hydrogens (tertiary/aromatic N) is 2. The second-order valence-corrected chi connectivity index (χ2v) is 3.74. The van der Waals surface area contributed by atoms with Gasteiger partial charge in [-0.1, -0.05) is 12.8 Å². The van der Waals surface area contributed by atoms with Gasteiger partial charge in [-0.25, -0.2) is 4.79 Å². The Hall–Kier alpha value is -1.59. The summed E-state index contributed by atoms with van der Waals surface area (Å²) in [5.41, 5.74) is 0. The maximum absolute atomic E-state index is 11.0. The van der Waals surface area contributed by atoms with E-state index in [1.807, 2.05) is 0 Å². The first-order valence-corrected chi connectivity index (χ1v) is 5.35. The molecule has 0 saturated carbocycles. The van der Waals surface area contributed by atoms with E-state index in [1.165, 1.54) is 4.90 Å². The molecule has 0 aromatic carbocycles. The van der Waals surface area contributed by atoms with Crippen molar-refractivity contribution in [3.8, 4) is 0 Å². The van der Waals surface area contributed by atoms with Gasteiger partial charge in [0.25, 0.3) is 0 Å². The summed E-state index contributed by atoms with van der Waals surface area (Å²) in [6.45, 7) is 0.598. The van der Waals surface area contributed by atoms with Crippen LogP contribution in [0.5, 0.6) is 0 Å². The third kappa shape index (κ3) is 3.88. The number of amidine groups is 1. The fourth-order valence-electron chi connectivity index (χ4n) is 1.68. The third-order valence-electron chi connectivity index (χ3n) is 2.41. The fourth-order valence-corrected chi connectivity index (χ4v) is 1.68. The van der Waals surface area contributed by atoms with Crippen LogP contribution in [-0.2, 0) is 9.59 Å². The zero-order valence-corrected chi connectivity index (χ0v) is 9.06. The zero-order chi connectivity index (χ0) is 12.0. The van der Waals surface area contributed by atoms with Gasteiger partial charge >= 0.3 is 11.9 Å². The molecule has 0 aliphatic carbocycles. The molecule has 0 amide bonds. The molecule has 1 aliphatic heterocycles. The molecule has 0 unspecified atom stereocenters. The van der Waals surface area contributed by atoms with Crippen molar-refractivity contribution in [2.45, 2.75) is 25.7 Å². The van der Waals surface area contributed by atoms with Crippen LogP contribution in [0.25, 0.3) is 0 Å². The summed E-state index contributed by atoms with van der Waals surface area (Å²) in [6.07, 6.45) is 3.66. The van der Waals surface area contributed by atoms with Gasteiger partial charge < -0.3 is 15.1 Å². The van der Waals surface area contributed by atoms with Crippen molar-refractivity contribution in [1.82, 2.24) is 4.90 Å². The second kappa shape index (κ2) is 6.09. The minimum atomic E-state index is -1.15. The van der Waals surface area contributed by atoms with Gasteiger partial charge in [0.1, 0.15) is 6.54 Å². The molecule has 0 aromatic rings. The van der Waals surface area contributed by atoms with Crippen molar-refractivity contribution in [1.29, 1.82) is 0 Å². The molecular formula is C10H16N2O4. The van der Waals surface area contributed by atoms with Crippen LogP contribution in [0.15, 0.2) is 4.99 Å². The van der Waals surface area contributed by atoms with Crippen LogP contribution in [0.4, 0.5) is 0 Å². The number of hydrogen-bond acceptors (Lipinski definition) is 4. The summed E-state index contributed by atoms with van der Waals surface area (Å²) in [6, 6.07) is 0. The van der Waals surface area contributed by atoms with Crippen LogP contribution in [0.2, 0.25) is 0 Å². The molecule has 2 N–H and O–H groups in total. The standard InChI is InChI=1S/C10H16N2O4/c13-8(14)7-12-6-4-2-1-3-5-11-9(12)10(15)16/h1-7H2,(H,13,14)(H,15,16). The van der Waals surface area contributed by atoms with Crippen LogP contribution in [0, 0.1) is 0 Å². The number of carbonyl (C=O) groups is 2. The highest BCUT2D eigenvalue weighted by molar-refractivity contribution is 6.34. The molecule has 0 saturated heterocycles. The predicted octanol–water partition coefficient (Wildman–Crippen LogP) is 0.430. The quantitative estimate of drug-likeness (QED) is 0.731. The molecule has 1 aliphatic rings. The normalized spacial score (nSPS) is 18.0. The van der Waals surface area contributed by atoms with Crippen LogP contribution in [-0.4, -0.2) is 52.5 Å². The topological polar surface area (TPSA) is 90.2 Å². The van der Waals surface area contributed by atoms with Gasteiger partial charge in [0.05, 0.1) is 0 Å². The minimum Gasteiger partial charge on any atom is -0.480 e. The lowest BCUT2D eigenvalue weighted by Gasteiger charge is -2.21. The minimum absolute atomic E-state index is 0.121. The number of rotatable bonds is 3. The van der Waals surface area contributed by atoms with E-state index >= 15 is 0 Å². The van der Waals surface area contributed by atoms with Gasteiger partial charge in [-0.3, -0.25) is 9.79 Å². The molecule has 16 heavy (non-hydrogen) atoms. The molecular weight excluding hydrogens is 212 g/mol. The number of hydrogen-bond donors (Lipinski definition) is 2. The lowest BCUT2D eigenvalue weighted by Crippen LogP contribution is -2.40. The Balaban J connectivity index is 2.80. The largest absolute Gasteiger partial charge is 0.480 e. The summed E-state index contributed by atoms with van der Waals surface area (Å²) >= 11 is 0. The van der Waals surface area contributed by atoms with Crippen LogP contribution < -0.4 is 0 Å². The lowest BCUT2D eigenvalue weighted by atomic mass is 10.2. The van der Waals surface area contributed by atoms with E-state index in [2.05, 4.69) is 4.99 Å². The van der Waals surface area contributed by atoms with Crippen LogP contribution >= 0.6 is 0 Å². The lowest BCUT2D eigenvalue weighted by molar-refractivity contribution is -0.137. The molecule has 0 fully saturated rings. The maximum atomic E-state index is 11.0. The Morgan fingerprint density at radius 3 is 2.50 bits per heavy atom. The first-order valence-electron chi connectivity index (χ1n) is 5.35.